The van der Waals surface area contributed by atoms with Gasteiger partial charge < -0.3 is 18.6 Å². The lowest BCUT2D eigenvalue weighted by atomic mass is 10.1. The monoisotopic (exact) mass is 264 g/mol. The van der Waals surface area contributed by atoms with Gasteiger partial charge in [0, 0.05) is 0 Å². The Hall–Kier alpha value is -2.17. The Balaban J connectivity index is 3.05. The molecule has 5 heteroatoms. The minimum Gasteiger partial charge on any atom is -0.495 e. The number of benzene rings is 1. The zero-order valence-electron chi connectivity index (χ0n) is 11.6. The van der Waals surface area contributed by atoms with Crippen LogP contribution in [0.25, 0.3) is 11.0 Å². The first-order chi connectivity index (χ1) is 9.04. The van der Waals surface area contributed by atoms with Crippen molar-refractivity contribution < 1.29 is 18.6 Å². The third-order valence-electron chi connectivity index (χ3n) is 3.10. The normalized spacial score (nSPS) is 10.6. The summed E-state index contributed by atoms with van der Waals surface area (Å²) in [6, 6.07) is 1.82. The molecular weight excluding hydrogens is 248 g/mol. The fourth-order valence-corrected chi connectivity index (χ4v) is 2.17. The summed E-state index contributed by atoms with van der Waals surface area (Å²) in [4.78, 5) is 11.8. The molecule has 0 aliphatic rings. The molecule has 1 heterocycles. The van der Waals surface area contributed by atoms with Crippen molar-refractivity contribution in [3.8, 4) is 17.2 Å². The topological polar surface area (TPSA) is 57.9 Å². The van der Waals surface area contributed by atoms with Crippen molar-refractivity contribution in [2.45, 2.75) is 13.8 Å². The second-order valence-corrected chi connectivity index (χ2v) is 4.18. The molecule has 0 aliphatic heterocycles. The van der Waals surface area contributed by atoms with Crippen LogP contribution < -0.4 is 19.8 Å². The first kappa shape index (κ1) is 13.3. The molecule has 1 aromatic heterocycles. The number of ether oxygens (including phenoxy) is 3. The summed E-state index contributed by atoms with van der Waals surface area (Å²) in [6.45, 7) is 3.56. The van der Waals surface area contributed by atoms with Crippen molar-refractivity contribution in [2.24, 2.45) is 0 Å². The van der Waals surface area contributed by atoms with Crippen LogP contribution in [0, 0.1) is 13.8 Å². The van der Waals surface area contributed by atoms with Gasteiger partial charge in [-0.15, -0.1) is 0 Å². The van der Waals surface area contributed by atoms with E-state index in [1.165, 1.54) is 21.3 Å². The van der Waals surface area contributed by atoms with Crippen LogP contribution in [-0.4, -0.2) is 21.3 Å². The van der Waals surface area contributed by atoms with Crippen molar-refractivity contribution in [3.05, 3.63) is 27.6 Å². The van der Waals surface area contributed by atoms with Crippen LogP contribution in [0.4, 0.5) is 0 Å². The Kier molecular flexibility index (Phi) is 3.38. The van der Waals surface area contributed by atoms with E-state index in [4.69, 9.17) is 18.6 Å². The highest BCUT2D eigenvalue weighted by molar-refractivity contribution is 5.93. The zero-order chi connectivity index (χ0) is 14.2. The van der Waals surface area contributed by atoms with Gasteiger partial charge in [0.15, 0.2) is 11.3 Å². The maximum absolute atomic E-state index is 11.8. The third kappa shape index (κ3) is 1.91. The van der Waals surface area contributed by atoms with E-state index in [1.807, 2.05) is 13.0 Å². The summed E-state index contributed by atoms with van der Waals surface area (Å²) in [7, 11) is 4.56. The van der Waals surface area contributed by atoms with Gasteiger partial charge in [-0.25, -0.2) is 4.79 Å². The molecule has 2 rings (SSSR count). The van der Waals surface area contributed by atoms with Crippen LogP contribution in [0.2, 0.25) is 0 Å². The van der Waals surface area contributed by atoms with Gasteiger partial charge in [0.2, 0.25) is 5.75 Å². The molecule has 2 aromatic rings. The number of aryl methyl sites for hydroxylation is 1. The second-order valence-electron chi connectivity index (χ2n) is 4.18. The van der Waals surface area contributed by atoms with E-state index in [-0.39, 0.29) is 0 Å². The summed E-state index contributed by atoms with van der Waals surface area (Å²) < 4.78 is 21.2. The van der Waals surface area contributed by atoms with E-state index < -0.39 is 5.63 Å². The van der Waals surface area contributed by atoms with E-state index >= 15 is 0 Å². The Labute approximate surface area is 110 Å². The average Bonchev–Trinajstić information content (AvgIpc) is 2.40. The van der Waals surface area contributed by atoms with E-state index in [0.717, 1.165) is 10.9 Å². The number of hydrogen-bond acceptors (Lipinski definition) is 5. The molecule has 0 spiro atoms. The van der Waals surface area contributed by atoms with Crippen LogP contribution in [0.15, 0.2) is 15.3 Å². The third-order valence-corrected chi connectivity index (χ3v) is 3.10. The lowest BCUT2D eigenvalue weighted by Crippen LogP contribution is -2.07. The minimum atomic E-state index is -0.449. The molecule has 0 radical (unpaired) electrons. The SMILES string of the molecule is COc1cc(C)c2c(OC)c(C)c(=O)oc2c1OC. The first-order valence-corrected chi connectivity index (χ1v) is 5.78. The van der Waals surface area contributed by atoms with Crippen LogP contribution in [0.1, 0.15) is 11.1 Å². The smallest absolute Gasteiger partial charge is 0.343 e. The first-order valence-electron chi connectivity index (χ1n) is 5.78. The number of rotatable bonds is 3. The van der Waals surface area contributed by atoms with Crippen LogP contribution in [0.5, 0.6) is 17.2 Å². The van der Waals surface area contributed by atoms with Crippen molar-refractivity contribution in [3.63, 3.8) is 0 Å². The van der Waals surface area contributed by atoms with Crippen molar-refractivity contribution >= 4 is 11.0 Å². The Morgan fingerprint density at radius 3 is 2.16 bits per heavy atom. The van der Waals surface area contributed by atoms with Crippen LogP contribution in [0.3, 0.4) is 0 Å². The van der Waals surface area contributed by atoms with Crippen LogP contribution in [-0.2, 0) is 0 Å². The van der Waals surface area contributed by atoms with Gasteiger partial charge in [-0.1, -0.05) is 0 Å². The highest BCUT2D eigenvalue weighted by atomic mass is 16.5. The van der Waals surface area contributed by atoms with Crippen LogP contribution >= 0.6 is 0 Å². The second kappa shape index (κ2) is 4.84. The highest BCUT2D eigenvalue weighted by Gasteiger charge is 2.20. The van der Waals surface area contributed by atoms with E-state index in [9.17, 15) is 4.79 Å². The number of methoxy groups -OCH3 is 3. The van der Waals surface area contributed by atoms with Gasteiger partial charge in [0.25, 0.3) is 0 Å². The lowest BCUT2D eigenvalue weighted by Gasteiger charge is -2.14. The number of hydrogen-bond donors (Lipinski definition) is 0. The van der Waals surface area contributed by atoms with Crippen molar-refractivity contribution in [2.75, 3.05) is 21.3 Å². The molecule has 5 nitrogen and oxygen atoms in total. The summed E-state index contributed by atoms with van der Waals surface area (Å²) in [5.41, 5.74) is 1.21. The fourth-order valence-electron chi connectivity index (χ4n) is 2.17. The molecule has 0 atom stereocenters. The van der Waals surface area contributed by atoms with Gasteiger partial charge in [-0.3, -0.25) is 0 Å². The Morgan fingerprint density at radius 1 is 1.00 bits per heavy atom. The van der Waals surface area contributed by atoms with Gasteiger partial charge in [-0.05, 0) is 25.5 Å². The standard InChI is InChI=1S/C14H16O5/c1-7-6-9(16-3)12(18-5)13-10(7)11(17-4)8(2)14(15)19-13/h6H,1-5H3. The highest BCUT2D eigenvalue weighted by Crippen LogP contribution is 2.41. The van der Waals surface area contributed by atoms with E-state index in [2.05, 4.69) is 0 Å². The predicted octanol–water partition coefficient (Wildman–Crippen LogP) is 2.44. The molecule has 0 aliphatic carbocycles. The molecular formula is C14H16O5. The van der Waals surface area contributed by atoms with E-state index in [1.54, 1.807) is 6.92 Å². The summed E-state index contributed by atoms with van der Waals surface area (Å²) in [6.07, 6.45) is 0. The quantitative estimate of drug-likeness (QED) is 0.797. The molecule has 19 heavy (non-hydrogen) atoms. The zero-order valence-corrected chi connectivity index (χ0v) is 11.6. The molecule has 0 saturated carbocycles. The Morgan fingerprint density at radius 2 is 1.63 bits per heavy atom. The largest absolute Gasteiger partial charge is 0.495 e. The molecule has 0 N–H and O–H groups in total. The molecule has 1 aromatic carbocycles. The maximum atomic E-state index is 11.8. The van der Waals surface area contributed by atoms with Crippen molar-refractivity contribution in [1.29, 1.82) is 0 Å². The lowest BCUT2D eigenvalue weighted by molar-refractivity contribution is 0.350. The predicted molar refractivity (Wildman–Crippen MR) is 71.6 cm³/mol. The minimum absolute atomic E-state index is 0.340. The summed E-state index contributed by atoms with van der Waals surface area (Å²) in [5.74, 6) is 1.41. The number of fused-ring (bicyclic) bond motifs is 1. The van der Waals surface area contributed by atoms with E-state index in [0.29, 0.717) is 28.4 Å². The summed E-state index contributed by atoms with van der Waals surface area (Å²) >= 11 is 0. The molecule has 0 amide bonds. The molecule has 0 bridgehead atoms. The van der Waals surface area contributed by atoms with Gasteiger partial charge in [0.05, 0.1) is 32.3 Å². The Bertz CT molecular complexity index is 685. The average molecular weight is 264 g/mol. The van der Waals surface area contributed by atoms with Crippen molar-refractivity contribution in [1.82, 2.24) is 0 Å². The van der Waals surface area contributed by atoms with Gasteiger partial charge in [0.1, 0.15) is 5.75 Å². The van der Waals surface area contributed by atoms with Gasteiger partial charge >= 0.3 is 5.63 Å². The maximum Gasteiger partial charge on any atom is 0.343 e. The summed E-state index contributed by atoms with van der Waals surface area (Å²) in [5, 5.41) is 0.720. The molecule has 0 saturated heterocycles. The van der Waals surface area contributed by atoms with Gasteiger partial charge in [-0.2, -0.15) is 0 Å². The molecule has 102 valence electrons. The fraction of sp³-hybridized carbons (Fsp3) is 0.357. The molecule has 0 unspecified atom stereocenters. The molecule has 0 fully saturated rings.